The Morgan fingerprint density at radius 3 is 2.32 bits per heavy atom. The van der Waals surface area contributed by atoms with Crippen LogP contribution in [-0.4, -0.2) is 129 Å². The van der Waals surface area contributed by atoms with Crippen LogP contribution in [0.1, 0.15) is 121 Å². The molecule has 0 bridgehead atoms. The molecule has 0 radical (unpaired) electrons. The van der Waals surface area contributed by atoms with E-state index in [1.165, 1.54) is 17.9 Å². The first-order valence-corrected chi connectivity index (χ1v) is 25.6. The fourth-order valence-electron chi connectivity index (χ4n) is 9.89. The molecule has 1 aromatic heterocycles. The van der Waals surface area contributed by atoms with Gasteiger partial charge in [-0.3, -0.25) is 33.6 Å². The highest BCUT2D eigenvalue weighted by Gasteiger charge is 2.46. The monoisotopic (exact) mass is 1000 g/mol. The lowest BCUT2D eigenvalue weighted by molar-refractivity contribution is -0.146. The number of hydrogen-bond acceptors (Lipinski definition) is 11. The van der Waals surface area contributed by atoms with Crippen LogP contribution in [0.2, 0.25) is 0 Å². The molecule has 4 heterocycles. The van der Waals surface area contributed by atoms with Gasteiger partial charge in [-0.2, -0.15) is 0 Å². The number of likely N-dealkylation sites (tertiary alicyclic amines) is 1. The Kier molecular flexibility index (Phi) is 18.0. The number of aliphatic hydroxyl groups is 1. The summed E-state index contributed by atoms with van der Waals surface area (Å²) in [6.07, 6.45) is 1.02. The number of nitrogens with zero attached hydrogens (tertiary/aromatic N) is 4. The highest BCUT2D eigenvalue weighted by atomic mass is 32.1. The van der Waals surface area contributed by atoms with Gasteiger partial charge in [0.2, 0.25) is 41.4 Å². The van der Waals surface area contributed by atoms with E-state index in [9.17, 15) is 38.7 Å². The predicted molar refractivity (Wildman–Crippen MR) is 266 cm³/mol. The van der Waals surface area contributed by atoms with E-state index >= 15 is 4.39 Å². The lowest BCUT2D eigenvalue weighted by Crippen LogP contribution is -2.57. The summed E-state index contributed by atoms with van der Waals surface area (Å²) in [5.74, 6) is -3.89. The van der Waals surface area contributed by atoms with Gasteiger partial charge in [-0.15, -0.1) is 11.3 Å². The summed E-state index contributed by atoms with van der Waals surface area (Å²) in [6.45, 7) is 14.7. The van der Waals surface area contributed by atoms with E-state index in [0.717, 1.165) is 21.7 Å². The van der Waals surface area contributed by atoms with Crippen molar-refractivity contribution >= 4 is 52.7 Å². The molecule has 8 atom stereocenters. The number of β-amino-alcohol motifs (C(OH)–C–C–N with tert-alkyl or cyclic N) is 1. The molecule has 3 saturated heterocycles. The largest absolute Gasteiger partial charge is 0.488 e. The molecule has 0 aliphatic carbocycles. The van der Waals surface area contributed by atoms with E-state index in [0.29, 0.717) is 36.9 Å². The van der Waals surface area contributed by atoms with Crippen LogP contribution in [0.15, 0.2) is 41.9 Å². The number of benzene rings is 2. The Balaban J connectivity index is 1.04. The van der Waals surface area contributed by atoms with Crippen molar-refractivity contribution in [2.45, 2.75) is 156 Å². The minimum absolute atomic E-state index is 0.0418. The fourth-order valence-corrected chi connectivity index (χ4v) is 10.7. The first-order valence-electron chi connectivity index (χ1n) is 24.7. The number of aryl methyl sites for hydroxylation is 3. The Labute approximate surface area is 419 Å². The number of carbonyl (C=O) groups excluding carboxylic acids is 7. The lowest BCUT2D eigenvalue weighted by Gasteiger charge is -2.37. The van der Waals surface area contributed by atoms with Gasteiger partial charge in [0, 0.05) is 51.9 Å². The average Bonchev–Trinajstić information content (AvgIpc) is 4.05. The highest BCUT2D eigenvalue weighted by molar-refractivity contribution is 7.13. The molecule has 2 aromatic carbocycles. The summed E-state index contributed by atoms with van der Waals surface area (Å²) >= 11 is 1.55. The standard InChI is InChI=1S/C52H71FN8O9S/c1-29-22-36(45(53)42(23-29)70-27-37(16-19-43(54)64)57-48(66)40-18-17-38-20-21-59(33(5)62)25-30(2)50(68)61(38)40)10-9-11-44(65)58-47(52(6,7)8)51(69)60-26-39(63)24-41(60)49(67)56-31(3)34-12-14-35(15-13-34)46-32(4)55-28-71-46/h12-15,22-23,28,30-31,37-41,47,63H,9-11,16-21,24-27H2,1-8H3,(H2,54,64)(H,56,67)(H,57,66)(H,58,65)/t30-,31-,37-,38+,39+,40-,41-,47+/m0/s1. The number of fused-ring (bicyclic) bond motifs is 1. The smallest absolute Gasteiger partial charge is 0.246 e. The van der Waals surface area contributed by atoms with Crippen LogP contribution in [0.3, 0.4) is 0 Å². The van der Waals surface area contributed by atoms with Gasteiger partial charge in [-0.05, 0) is 93.0 Å². The number of primary amides is 1. The quantitative estimate of drug-likeness (QED) is 0.119. The number of thiazole rings is 1. The normalized spacial score (nSPS) is 21.6. The van der Waals surface area contributed by atoms with Crippen molar-refractivity contribution in [3.05, 3.63) is 70.1 Å². The number of aliphatic hydroxyl groups excluding tert-OH is 1. The van der Waals surface area contributed by atoms with Crippen molar-refractivity contribution in [3.63, 3.8) is 0 Å². The van der Waals surface area contributed by atoms with E-state index in [1.54, 1.807) is 67.3 Å². The minimum Gasteiger partial charge on any atom is -0.488 e. The third-order valence-corrected chi connectivity index (χ3v) is 14.8. The second-order valence-corrected chi connectivity index (χ2v) is 21.5. The Bertz CT molecular complexity index is 2440. The second-order valence-electron chi connectivity index (χ2n) is 20.6. The zero-order valence-electron chi connectivity index (χ0n) is 42.2. The van der Waals surface area contributed by atoms with Crippen molar-refractivity contribution in [2.75, 3.05) is 26.2 Å². The Hall–Kier alpha value is -5.95. The number of rotatable bonds is 18. The summed E-state index contributed by atoms with van der Waals surface area (Å²) in [4.78, 5) is 103. The van der Waals surface area contributed by atoms with E-state index in [4.69, 9.17) is 10.5 Å². The summed E-state index contributed by atoms with van der Waals surface area (Å²) in [6, 6.07) is 6.90. The van der Waals surface area contributed by atoms with E-state index in [1.807, 2.05) is 38.1 Å². The van der Waals surface area contributed by atoms with Gasteiger partial charge in [0.05, 0.1) is 40.2 Å². The zero-order valence-corrected chi connectivity index (χ0v) is 43.0. The number of nitrogens with two attached hydrogens (primary N) is 1. The summed E-state index contributed by atoms with van der Waals surface area (Å²) in [5.41, 5.74) is 10.3. The number of halogens is 1. The summed E-state index contributed by atoms with van der Waals surface area (Å²) in [5, 5.41) is 19.5. The number of nitrogens with one attached hydrogen (secondary N) is 3. The molecule has 386 valence electrons. The zero-order chi connectivity index (χ0) is 51.9. The third-order valence-electron chi connectivity index (χ3n) is 13.8. The van der Waals surface area contributed by atoms with Crippen LogP contribution < -0.4 is 26.4 Å². The first kappa shape index (κ1) is 54.4. The molecule has 71 heavy (non-hydrogen) atoms. The molecule has 17 nitrogen and oxygen atoms in total. The Morgan fingerprint density at radius 1 is 0.972 bits per heavy atom. The van der Waals surface area contributed by atoms with Gasteiger partial charge >= 0.3 is 0 Å². The van der Waals surface area contributed by atoms with Crippen molar-refractivity contribution < 1.29 is 47.8 Å². The molecule has 6 N–H and O–H groups in total. The molecule has 7 amide bonds. The maximum absolute atomic E-state index is 16.1. The van der Waals surface area contributed by atoms with Crippen LogP contribution in [0, 0.1) is 31.0 Å². The van der Waals surface area contributed by atoms with E-state index < -0.39 is 83.0 Å². The summed E-state index contributed by atoms with van der Waals surface area (Å²) in [7, 11) is 0. The SMILES string of the molecule is CC(=O)N1CC[C@H]2CC[C@@H](C(=O)N[C@@H](CCC(N)=O)COc3cc(C)cc(CCCC(=O)N[C@H](C(=O)N4C[C@H](O)C[C@H]4C(=O)N[C@@H](C)c4ccc(-c5scnc5C)cc4)C(C)(C)C)c3F)N2C(=O)[C@@H](C)C1. The fraction of sp³-hybridized carbons (Fsp3) is 0.577. The van der Waals surface area contributed by atoms with Gasteiger partial charge in [-0.1, -0.05) is 58.0 Å². The number of amides is 7. The molecule has 19 heteroatoms. The van der Waals surface area contributed by atoms with Gasteiger partial charge in [-0.25, -0.2) is 9.37 Å². The van der Waals surface area contributed by atoms with Crippen LogP contribution in [0.25, 0.3) is 10.4 Å². The number of aromatic nitrogens is 1. The van der Waals surface area contributed by atoms with Gasteiger partial charge in [0.15, 0.2) is 11.6 Å². The molecule has 3 aliphatic heterocycles. The Morgan fingerprint density at radius 2 is 1.68 bits per heavy atom. The number of hydrogen-bond donors (Lipinski definition) is 5. The minimum atomic E-state index is -1.04. The molecule has 0 spiro atoms. The summed E-state index contributed by atoms with van der Waals surface area (Å²) < 4.78 is 22.1. The van der Waals surface area contributed by atoms with Crippen molar-refractivity contribution in [1.29, 1.82) is 0 Å². The number of ether oxygens (including phenoxy) is 1. The van der Waals surface area contributed by atoms with Crippen LogP contribution >= 0.6 is 11.3 Å². The molecule has 6 rings (SSSR count). The van der Waals surface area contributed by atoms with Crippen LogP contribution in [0.5, 0.6) is 5.75 Å². The molecule has 0 saturated carbocycles. The van der Waals surface area contributed by atoms with Crippen molar-refractivity contribution in [2.24, 2.45) is 17.1 Å². The van der Waals surface area contributed by atoms with Gasteiger partial charge in [0.25, 0.3) is 0 Å². The van der Waals surface area contributed by atoms with E-state index in [-0.39, 0.29) is 81.8 Å². The van der Waals surface area contributed by atoms with Crippen molar-refractivity contribution in [3.8, 4) is 16.2 Å². The molecule has 3 aromatic rings. The van der Waals surface area contributed by atoms with Crippen molar-refractivity contribution in [1.82, 2.24) is 35.6 Å². The van der Waals surface area contributed by atoms with E-state index in [2.05, 4.69) is 20.9 Å². The first-order chi connectivity index (χ1) is 33.5. The van der Waals surface area contributed by atoms with Gasteiger partial charge < -0.3 is 46.2 Å². The molecular formula is C52H71FN8O9S. The average molecular weight is 1000 g/mol. The molecule has 3 fully saturated rings. The highest BCUT2D eigenvalue weighted by Crippen LogP contribution is 2.33. The second kappa shape index (κ2) is 23.5. The number of carbonyl (C=O) groups is 7. The van der Waals surface area contributed by atoms with Crippen LogP contribution in [0.4, 0.5) is 4.39 Å². The predicted octanol–water partition coefficient (Wildman–Crippen LogP) is 4.64. The maximum atomic E-state index is 16.1. The maximum Gasteiger partial charge on any atom is 0.246 e. The molecule has 0 unspecified atom stereocenters. The van der Waals surface area contributed by atoms with Crippen LogP contribution in [-0.2, 0) is 40.0 Å². The third kappa shape index (κ3) is 13.7. The lowest BCUT2D eigenvalue weighted by atomic mass is 9.85. The molecule has 3 aliphatic rings. The molecular weight excluding hydrogens is 932 g/mol. The topological polar surface area (TPSA) is 234 Å². The van der Waals surface area contributed by atoms with Gasteiger partial charge in [0.1, 0.15) is 24.7 Å².